The van der Waals surface area contributed by atoms with Gasteiger partial charge in [-0.3, -0.25) is 0 Å². The number of hydrogen-bond acceptors (Lipinski definition) is 12. The minimum absolute atomic E-state index is 0.680. The van der Waals surface area contributed by atoms with Crippen LogP contribution in [0.2, 0.25) is 0 Å². The summed E-state index contributed by atoms with van der Waals surface area (Å²) < 4.78 is 467. The third kappa shape index (κ3) is 20.9. The molecular formula is C72H30Al2B2F30O12. The van der Waals surface area contributed by atoms with Crippen LogP contribution in [0.25, 0.3) is 0 Å². The molecule has 0 fully saturated rings. The number of rotatable bonds is 24. The van der Waals surface area contributed by atoms with Crippen LogP contribution in [0.15, 0.2) is 182 Å². The molecule has 612 valence electrons. The van der Waals surface area contributed by atoms with Gasteiger partial charge >= 0.3 is 44.9 Å². The summed E-state index contributed by atoms with van der Waals surface area (Å²) in [4.78, 5) is 0. The molecule has 12 rings (SSSR count). The van der Waals surface area contributed by atoms with Crippen molar-refractivity contribution in [3.05, 3.63) is 357 Å². The van der Waals surface area contributed by atoms with Gasteiger partial charge in [0.25, 0.3) is 0 Å². The Morgan fingerprint density at radius 3 is 0.432 bits per heavy atom. The van der Waals surface area contributed by atoms with Gasteiger partial charge in [-0.25, -0.2) is 79.0 Å². The second-order valence-electron chi connectivity index (χ2n) is 21.8. The lowest BCUT2D eigenvalue weighted by molar-refractivity contribution is 0.246. The molecule has 0 saturated carbocycles. The number of halogens is 30. The fourth-order valence-electron chi connectivity index (χ4n) is 8.66. The molecule has 0 spiro atoms. The van der Waals surface area contributed by atoms with Crippen molar-refractivity contribution in [3.63, 3.8) is 0 Å². The van der Waals surface area contributed by atoms with Gasteiger partial charge in [0.05, 0.1) is 17.2 Å². The van der Waals surface area contributed by atoms with Gasteiger partial charge in [-0.05, 0) is 72.8 Å². The van der Waals surface area contributed by atoms with Crippen molar-refractivity contribution in [2.75, 3.05) is 0 Å². The van der Waals surface area contributed by atoms with Crippen LogP contribution in [0.3, 0.4) is 0 Å². The van der Waals surface area contributed by atoms with E-state index in [1.54, 1.807) is 0 Å². The van der Waals surface area contributed by atoms with E-state index in [1.165, 1.54) is 0 Å². The highest BCUT2D eigenvalue weighted by Crippen LogP contribution is 2.39. The second kappa shape index (κ2) is 39.8. The van der Waals surface area contributed by atoms with Crippen LogP contribution in [0, 0.1) is 175 Å². The molecule has 46 heteroatoms. The SMILES string of the molecule is Fc1c(F)c(F)c(OB(Oc2c(F)c(F)c(F)c(F)c2F)Oc2c(F)c(F)c(F)c(F)c2F)c(F)c1F.Fc1c(F)c(F)c([O][Al]([O]c2c(F)c(F)c(F)c(F)c2F)[O]c2c(F)c(F)c(F)c(F)c2F)c(F)c1F.c1ccc(OB(Oc2ccccc2)Oc2ccccc2)cc1.c1ccc([O][Al]([O]c2ccccc2)[O]c2ccccc2)cc1. The van der Waals surface area contributed by atoms with E-state index in [-0.39, 0.29) is 0 Å². The van der Waals surface area contributed by atoms with Gasteiger partial charge in [0.15, 0.2) is 34.5 Å². The van der Waals surface area contributed by atoms with E-state index in [4.69, 9.17) is 25.3 Å². The normalized spacial score (nSPS) is 10.6. The first-order chi connectivity index (χ1) is 56.0. The van der Waals surface area contributed by atoms with Crippen molar-refractivity contribution < 1.29 is 182 Å². The third-order valence-electron chi connectivity index (χ3n) is 14.2. The Balaban J connectivity index is 0.000000184. The first-order valence-electron chi connectivity index (χ1n) is 31.4. The molecule has 0 aromatic heterocycles. The summed E-state index contributed by atoms with van der Waals surface area (Å²) in [5.41, 5.74) is 0. The minimum Gasteiger partial charge on any atom is -0.577 e. The highest BCUT2D eigenvalue weighted by atomic mass is 27.3. The van der Waals surface area contributed by atoms with E-state index in [2.05, 4.69) is 25.3 Å². The highest BCUT2D eigenvalue weighted by Gasteiger charge is 2.52. The van der Waals surface area contributed by atoms with Crippen LogP contribution in [0.1, 0.15) is 0 Å². The molecule has 118 heavy (non-hydrogen) atoms. The van der Waals surface area contributed by atoms with E-state index in [1.807, 2.05) is 182 Å². The number of para-hydroxylation sites is 6. The van der Waals surface area contributed by atoms with E-state index >= 15 is 0 Å². The Hall–Kier alpha value is -12.7. The van der Waals surface area contributed by atoms with Crippen molar-refractivity contribution >= 4 is 44.9 Å². The number of hydrogen-bond donors (Lipinski definition) is 0. The predicted molar refractivity (Wildman–Crippen MR) is 347 cm³/mol. The molecule has 0 aliphatic carbocycles. The van der Waals surface area contributed by atoms with Gasteiger partial charge in [-0.2, -0.15) is 52.7 Å². The quantitative estimate of drug-likeness (QED) is 0.0249. The van der Waals surface area contributed by atoms with Crippen LogP contribution < -0.4 is 50.7 Å². The summed E-state index contributed by atoms with van der Waals surface area (Å²) in [6.07, 6.45) is 0. The van der Waals surface area contributed by atoms with Gasteiger partial charge in [0, 0.05) is 0 Å². The Bertz CT molecular complexity index is 4510. The fourth-order valence-corrected chi connectivity index (χ4v) is 11.3. The maximum atomic E-state index is 13.9. The summed E-state index contributed by atoms with van der Waals surface area (Å²) in [6.45, 7) is 0. The molecule has 0 saturated heterocycles. The average molecular weight is 1730 g/mol. The maximum absolute atomic E-state index is 13.9. The largest absolute Gasteiger partial charge is 1.20 e. The molecule has 0 aliphatic heterocycles. The molecule has 0 atom stereocenters. The molecule has 0 radical (unpaired) electrons. The molecule has 0 bridgehead atoms. The zero-order valence-electron chi connectivity index (χ0n) is 56.9. The van der Waals surface area contributed by atoms with Crippen molar-refractivity contribution in [2.45, 2.75) is 0 Å². The smallest absolute Gasteiger partial charge is 0.577 e. The maximum Gasteiger partial charge on any atom is 1.20 e. The zero-order chi connectivity index (χ0) is 86.3. The lowest BCUT2D eigenvalue weighted by Crippen LogP contribution is -2.39. The number of benzene rings is 12. The highest BCUT2D eigenvalue weighted by molar-refractivity contribution is 6.41. The average Bonchev–Trinajstić information content (AvgIpc) is 0.777. The Morgan fingerprint density at radius 2 is 0.263 bits per heavy atom. The molecule has 0 heterocycles. The van der Waals surface area contributed by atoms with Crippen molar-refractivity contribution in [1.29, 1.82) is 0 Å². The molecule has 0 amide bonds. The van der Waals surface area contributed by atoms with Gasteiger partial charge in [0.1, 0.15) is 17.2 Å². The second-order valence-corrected chi connectivity index (χ2v) is 24.4. The first-order valence-corrected chi connectivity index (χ1v) is 34.2. The summed E-state index contributed by atoms with van der Waals surface area (Å²) >= 11 is -7.97. The van der Waals surface area contributed by atoms with Crippen LogP contribution in [-0.2, 0) is 0 Å². The summed E-state index contributed by atoms with van der Waals surface area (Å²) in [5, 5.41) is 0. The molecule has 0 aliphatic rings. The van der Waals surface area contributed by atoms with Crippen molar-refractivity contribution in [3.8, 4) is 69.0 Å². The monoisotopic (exact) mass is 1730 g/mol. The van der Waals surface area contributed by atoms with Crippen LogP contribution in [0.4, 0.5) is 132 Å². The molecule has 12 aromatic carbocycles. The standard InChI is InChI=1S/C18BF15O3.C18H15BO3.3C6HF5O.3C6H6O.2Al/c20-1-4(23)10(29)16(11(30)5(1)24)35-19(36-17-12(31)6(25)2(21)7(26)13(17)32)37-18-14(33)8(27)3(22)9(28)15(18)34;1-4-10-16(11-5-1)20-19(21-17-12-6-2-7-13-17)22-18-14-8-3-9-15-18;3*7-1-2(8)4(10)6(12)5(11)3(1)9;3*7-6-4-2-1-3-5-6;;/h;1-15H;3*12H;3*1-5,7H;;/q;;;;;;;;2*+3/p-6. The molecule has 0 N–H and O–H groups in total. The van der Waals surface area contributed by atoms with Crippen molar-refractivity contribution in [1.82, 2.24) is 0 Å². The van der Waals surface area contributed by atoms with E-state index in [0.717, 1.165) is 17.2 Å². The van der Waals surface area contributed by atoms with Gasteiger partial charge in [0.2, 0.25) is 175 Å². The predicted octanol–water partition coefficient (Wildman–Crippen LogP) is 21.0. The minimum atomic E-state index is -5.56. The Labute approximate surface area is 650 Å². The van der Waals surface area contributed by atoms with Crippen molar-refractivity contribution in [2.24, 2.45) is 0 Å². The van der Waals surface area contributed by atoms with Crippen LogP contribution in [-0.4, -0.2) is 44.9 Å². The molecule has 12 aromatic rings. The molecule has 12 nitrogen and oxygen atoms in total. The third-order valence-corrected chi connectivity index (χ3v) is 16.8. The Kier molecular flexibility index (Phi) is 30.1. The van der Waals surface area contributed by atoms with E-state index in [9.17, 15) is 132 Å². The summed E-state index contributed by atoms with van der Waals surface area (Å²) in [5.74, 6) is -95.2. The summed E-state index contributed by atoms with van der Waals surface area (Å²) in [7, 11) is -4.62. The van der Waals surface area contributed by atoms with Crippen LogP contribution in [0.5, 0.6) is 69.0 Å². The summed E-state index contributed by atoms with van der Waals surface area (Å²) in [6, 6.07) is 57.0. The van der Waals surface area contributed by atoms with E-state index < -0.39 is 254 Å². The lowest BCUT2D eigenvalue weighted by atomic mass is 10.1. The molecular weight excluding hydrogens is 1700 g/mol. The van der Waals surface area contributed by atoms with Gasteiger partial charge in [-0.1, -0.05) is 109 Å². The Morgan fingerprint density at radius 1 is 0.136 bits per heavy atom. The topological polar surface area (TPSA) is 111 Å². The van der Waals surface area contributed by atoms with E-state index in [0.29, 0.717) is 17.2 Å². The lowest BCUT2D eigenvalue weighted by Gasteiger charge is -2.19. The zero-order valence-corrected chi connectivity index (χ0v) is 59.2. The first kappa shape index (κ1) is 89.3. The van der Waals surface area contributed by atoms with Crippen LogP contribution >= 0.6 is 0 Å². The fraction of sp³-hybridized carbons (Fsp3) is 0. The van der Waals surface area contributed by atoms with Gasteiger partial charge < -0.3 is 50.7 Å². The van der Waals surface area contributed by atoms with Gasteiger partial charge in [-0.15, -0.1) is 0 Å². The molecule has 0 unspecified atom stereocenters.